The molecule has 0 radical (unpaired) electrons. The molecule has 0 saturated heterocycles. The number of aliphatic carboxylic acids is 1. The zero-order chi connectivity index (χ0) is 16.4. The van der Waals surface area contributed by atoms with Crippen molar-refractivity contribution in [3.8, 4) is 0 Å². The van der Waals surface area contributed by atoms with Crippen molar-refractivity contribution in [3.63, 3.8) is 0 Å². The van der Waals surface area contributed by atoms with E-state index in [4.69, 9.17) is 0 Å². The molecule has 0 aromatic rings. The Bertz CT molecular complexity index is 430. The molecule has 0 aliphatic heterocycles. The van der Waals surface area contributed by atoms with E-state index in [2.05, 4.69) is 4.74 Å². The van der Waals surface area contributed by atoms with Crippen LogP contribution in [0.25, 0.3) is 0 Å². The second kappa shape index (κ2) is 6.45. The molecule has 120 valence electrons. The largest absolute Gasteiger partial charge is 0.481 e. The number of hydrogen-bond acceptors (Lipinski definition) is 4. The van der Waals surface area contributed by atoms with Crippen LogP contribution >= 0.6 is 0 Å². The molecule has 1 aliphatic rings. The summed E-state index contributed by atoms with van der Waals surface area (Å²) >= 11 is 0. The molecule has 1 N–H and O–H groups in total. The molecule has 0 spiro atoms. The minimum Gasteiger partial charge on any atom is -0.481 e. The summed E-state index contributed by atoms with van der Waals surface area (Å²) in [4.78, 5) is 36.6. The fraction of sp³-hybridized carbons (Fsp3) is 0.800. The molecule has 1 amide bonds. The Morgan fingerprint density at radius 2 is 1.81 bits per heavy atom. The molecule has 0 heterocycles. The highest BCUT2D eigenvalue weighted by Crippen LogP contribution is 2.59. The van der Waals surface area contributed by atoms with Crippen LogP contribution in [0.4, 0.5) is 0 Å². The van der Waals surface area contributed by atoms with E-state index < -0.39 is 23.2 Å². The number of carboxylic acids is 1. The smallest absolute Gasteiger partial charge is 0.307 e. The lowest BCUT2D eigenvalue weighted by Crippen LogP contribution is -2.38. The number of carboxylic acid groups (broad SMARTS) is 1. The van der Waals surface area contributed by atoms with Crippen molar-refractivity contribution < 1.29 is 24.2 Å². The Morgan fingerprint density at radius 3 is 2.19 bits per heavy atom. The third-order valence-electron chi connectivity index (χ3n) is 4.07. The third kappa shape index (κ3) is 3.95. The summed E-state index contributed by atoms with van der Waals surface area (Å²) in [5.41, 5.74) is -0.524. The van der Waals surface area contributed by atoms with Crippen LogP contribution in [0.5, 0.6) is 0 Å². The lowest BCUT2D eigenvalue weighted by Gasteiger charge is -2.25. The maximum atomic E-state index is 12.6. The van der Waals surface area contributed by atoms with E-state index in [-0.39, 0.29) is 30.8 Å². The van der Waals surface area contributed by atoms with Gasteiger partial charge in [-0.15, -0.1) is 0 Å². The van der Waals surface area contributed by atoms with E-state index in [1.807, 2.05) is 13.8 Å². The van der Waals surface area contributed by atoms with Crippen LogP contribution in [0.2, 0.25) is 0 Å². The van der Waals surface area contributed by atoms with Crippen LogP contribution in [-0.4, -0.2) is 48.1 Å². The van der Waals surface area contributed by atoms with Gasteiger partial charge in [0.15, 0.2) is 0 Å². The van der Waals surface area contributed by atoms with Gasteiger partial charge in [-0.2, -0.15) is 0 Å². The zero-order valence-electron chi connectivity index (χ0n) is 13.4. The summed E-state index contributed by atoms with van der Waals surface area (Å²) in [5.74, 6) is -2.39. The quantitative estimate of drug-likeness (QED) is 0.718. The van der Waals surface area contributed by atoms with Crippen LogP contribution in [0.3, 0.4) is 0 Å². The monoisotopic (exact) mass is 299 g/mol. The summed E-state index contributed by atoms with van der Waals surface area (Å²) in [6.07, 6.45) is 0.125. The molecule has 6 heteroatoms. The standard InChI is InChI=1S/C15H25NO5/c1-9(2)8-16(7-6-10(17)21-5)13(18)11-12(14(19)20)15(11,3)4/h9,11-12H,6-8H2,1-5H3,(H,19,20)/t11-,12+/m1/s1. The molecule has 1 rings (SSSR count). The second-order valence-corrected chi connectivity index (χ2v) is 6.62. The SMILES string of the molecule is COC(=O)CCN(CC(C)C)C(=O)[C@H]1[C@@H](C(=O)O)C1(C)C. The van der Waals surface area contributed by atoms with Crippen molar-refractivity contribution in [3.05, 3.63) is 0 Å². The predicted molar refractivity (Wildman–Crippen MR) is 76.4 cm³/mol. The topological polar surface area (TPSA) is 83.9 Å². The predicted octanol–water partition coefficient (Wildman–Crippen LogP) is 1.39. The highest BCUT2D eigenvalue weighted by molar-refractivity contribution is 5.91. The van der Waals surface area contributed by atoms with Crippen LogP contribution in [0, 0.1) is 23.2 Å². The normalized spacial score (nSPS) is 22.8. The van der Waals surface area contributed by atoms with Crippen LogP contribution < -0.4 is 0 Å². The van der Waals surface area contributed by atoms with Crippen molar-refractivity contribution in [2.45, 2.75) is 34.1 Å². The molecule has 0 aromatic heterocycles. The lowest BCUT2D eigenvalue weighted by atomic mass is 10.1. The molecule has 0 bridgehead atoms. The van der Waals surface area contributed by atoms with E-state index in [1.54, 1.807) is 18.7 Å². The number of carbonyl (C=O) groups excluding carboxylic acids is 2. The number of methoxy groups -OCH3 is 1. The Kier molecular flexibility index (Phi) is 5.36. The maximum Gasteiger partial charge on any atom is 0.307 e. The van der Waals surface area contributed by atoms with Gasteiger partial charge in [0.05, 0.1) is 25.4 Å². The van der Waals surface area contributed by atoms with E-state index in [9.17, 15) is 19.5 Å². The van der Waals surface area contributed by atoms with Gasteiger partial charge in [-0.3, -0.25) is 14.4 Å². The number of hydrogen-bond donors (Lipinski definition) is 1. The summed E-state index contributed by atoms with van der Waals surface area (Å²) in [5, 5.41) is 9.18. The Labute approximate surface area is 125 Å². The van der Waals surface area contributed by atoms with Crippen LogP contribution in [-0.2, 0) is 19.1 Å². The van der Waals surface area contributed by atoms with Gasteiger partial charge in [0.25, 0.3) is 0 Å². The minimum absolute atomic E-state index is 0.125. The molecule has 1 aliphatic carbocycles. The maximum absolute atomic E-state index is 12.6. The number of rotatable bonds is 7. The molecular formula is C15H25NO5. The average molecular weight is 299 g/mol. The third-order valence-corrected chi connectivity index (χ3v) is 4.07. The van der Waals surface area contributed by atoms with Gasteiger partial charge in [-0.25, -0.2) is 0 Å². The molecule has 0 unspecified atom stereocenters. The van der Waals surface area contributed by atoms with Gasteiger partial charge in [-0.1, -0.05) is 27.7 Å². The van der Waals surface area contributed by atoms with Gasteiger partial charge in [-0.05, 0) is 11.3 Å². The van der Waals surface area contributed by atoms with Crippen molar-refractivity contribution in [2.75, 3.05) is 20.2 Å². The first kappa shape index (κ1) is 17.5. The number of amides is 1. The van der Waals surface area contributed by atoms with E-state index in [0.29, 0.717) is 6.54 Å². The first-order chi connectivity index (χ1) is 9.62. The average Bonchev–Trinajstić information content (AvgIpc) is 2.95. The highest BCUT2D eigenvalue weighted by atomic mass is 16.5. The fourth-order valence-corrected chi connectivity index (χ4v) is 2.82. The molecule has 2 atom stereocenters. The molecule has 1 fully saturated rings. The molecule has 1 saturated carbocycles. The van der Waals surface area contributed by atoms with Crippen molar-refractivity contribution >= 4 is 17.8 Å². The van der Waals surface area contributed by atoms with Crippen LogP contribution in [0.15, 0.2) is 0 Å². The number of esters is 1. The fourth-order valence-electron chi connectivity index (χ4n) is 2.82. The van der Waals surface area contributed by atoms with Crippen molar-refractivity contribution in [2.24, 2.45) is 23.2 Å². The van der Waals surface area contributed by atoms with Gasteiger partial charge in [0.2, 0.25) is 5.91 Å². The Hall–Kier alpha value is -1.59. The Morgan fingerprint density at radius 1 is 1.24 bits per heavy atom. The zero-order valence-corrected chi connectivity index (χ0v) is 13.4. The number of carbonyl (C=O) groups is 3. The molecule has 0 aromatic carbocycles. The lowest BCUT2D eigenvalue weighted by molar-refractivity contribution is -0.144. The Balaban J connectivity index is 2.77. The van der Waals surface area contributed by atoms with Gasteiger partial charge in [0.1, 0.15) is 0 Å². The number of nitrogens with zero attached hydrogens (tertiary/aromatic N) is 1. The molecular weight excluding hydrogens is 274 g/mol. The molecule has 6 nitrogen and oxygen atoms in total. The summed E-state index contributed by atoms with van der Waals surface area (Å²) in [6.45, 7) is 8.32. The van der Waals surface area contributed by atoms with Crippen molar-refractivity contribution in [1.29, 1.82) is 0 Å². The second-order valence-electron chi connectivity index (χ2n) is 6.62. The van der Waals surface area contributed by atoms with Crippen LogP contribution in [0.1, 0.15) is 34.1 Å². The van der Waals surface area contributed by atoms with Crippen molar-refractivity contribution in [1.82, 2.24) is 4.90 Å². The summed E-state index contributed by atoms with van der Waals surface area (Å²) < 4.78 is 4.59. The first-order valence-corrected chi connectivity index (χ1v) is 7.21. The van der Waals surface area contributed by atoms with E-state index >= 15 is 0 Å². The van der Waals surface area contributed by atoms with E-state index in [1.165, 1.54) is 7.11 Å². The molecule has 21 heavy (non-hydrogen) atoms. The summed E-state index contributed by atoms with van der Waals surface area (Å²) in [7, 11) is 1.31. The highest BCUT2D eigenvalue weighted by Gasteiger charge is 2.66. The minimum atomic E-state index is -0.934. The van der Waals surface area contributed by atoms with Gasteiger partial charge < -0.3 is 14.7 Å². The number of ether oxygens (including phenoxy) is 1. The first-order valence-electron chi connectivity index (χ1n) is 7.21. The van der Waals surface area contributed by atoms with Gasteiger partial charge >= 0.3 is 11.9 Å². The summed E-state index contributed by atoms with van der Waals surface area (Å²) in [6, 6.07) is 0. The van der Waals surface area contributed by atoms with Gasteiger partial charge in [0, 0.05) is 13.1 Å². The van der Waals surface area contributed by atoms with E-state index in [0.717, 1.165) is 0 Å².